The van der Waals surface area contributed by atoms with Crippen LogP contribution in [0.25, 0.3) is 0 Å². The Morgan fingerprint density at radius 3 is 1.50 bits per heavy atom. The molecule has 0 aromatic rings. The molecule has 12 heavy (non-hydrogen) atoms. The quantitative estimate of drug-likeness (QED) is 0.555. The van der Waals surface area contributed by atoms with E-state index in [1.54, 1.807) is 25.7 Å². The Balaban J connectivity index is 2.08. The summed E-state index contributed by atoms with van der Waals surface area (Å²) in [6.45, 7) is 4.86. The molecule has 0 saturated heterocycles. The van der Waals surface area contributed by atoms with Crippen molar-refractivity contribution in [3.05, 3.63) is 0 Å². The summed E-state index contributed by atoms with van der Waals surface area (Å²) >= 11 is 0. The van der Waals surface area contributed by atoms with Crippen LogP contribution in [-0.2, 0) is 0 Å². The standard InChI is InChI=1S/C12H22/c1-9(2)12-10-5-3-6-11(12)8-4-7-10/h9-12H,3-8H2,1-2H3. The maximum atomic E-state index is 2.43. The van der Waals surface area contributed by atoms with Crippen molar-refractivity contribution in [1.82, 2.24) is 0 Å². The largest absolute Gasteiger partial charge is 0.0625 e. The third kappa shape index (κ3) is 1.41. The van der Waals surface area contributed by atoms with E-state index in [0.29, 0.717) is 0 Å². The number of hydrogen-bond donors (Lipinski definition) is 0. The molecule has 2 fully saturated rings. The predicted molar refractivity (Wildman–Crippen MR) is 53.0 cm³/mol. The molecule has 70 valence electrons. The van der Waals surface area contributed by atoms with Crippen LogP contribution < -0.4 is 0 Å². The summed E-state index contributed by atoms with van der Waals surface area (Å²) in [4.78, 5) is 0. The molecule has 0 spiro atoms. The van der Waals surface area contributed by atoms with Crippen LogP contribution in [0.2, 0.25) is 0 Å². The SMILES string of the molecule is CC(C)C1C2CCCC1CCC2. The van der Waals surface area contributed by atoms with Crippen LogP contribution in [0, 0.1) is 23.7 Å². The summed E-state index contributed by atoms with van der Waals surface area (Å²) < 4.78 is 0. The Morgan fingerprint density at radius 1 is 0.833 bits per heavy atom. The van der Waals surface area contributed by atoms with Gasteiger partial charge in [-0.05, 0) is 23.7 Å². The maximum absolute atomic E-state index is 2.43. The fourth-order valence-electron chi connectivity index (χ4n) is 3.82. The number of fused-ring (bicyclic) bond motifs is 2. The Labute approximate surface area is 76.7 Å². The van der Waals surface area contributed by atoms with E-state index in [1.807, 2.05) is 0 Å². The maximum Gasteiger partial charge on any atom is -0.0334 e. The summed E-state index contributed by atoms with van der Waals surface area (Å²) in [7, 11) is 0. The Bertz CT molecular complexity index is 126. The second-order valence-electron chi connectivity index (χ2n) is 5.20. The van der Waals surface area contributed by atoms with Gasteiger partial charge in [-0.25, -0.2) is 0 Å². The zero-order chi connectivity index (χ0) is 8.55. The lowest BCUT2D eigenvalue weighted by Crippen LogP contribution is -2.35. The molecule has 2 aliphatic rings. The molecule has 0 nitrogen and oxygen atoms in total. The molecule has 2 rings (SSSR count). The van der Waals surface area contributed by atoms with Gasteiger partial charge in [0.05, 0.1) is 0 Å². The smallest absolute Gasteiger partial charge is 0.0334 e. The summed E-state index contributed by atoms with van der Waals surface area (Å²) in [6.07, 6.45) is 9.22. The van der Waals surface area contributed by atoms with Crippen molar-refractivity contribution in [2.24, 2.45) is 23.7 Å². The van der Waals surface area contributed by atoms with Crippen molar-refractivity contribution < 1.29 is 0 Å². The minimum atomic E-state index is 0.945. The molecule has 0 heterocycles. The van der Waals surface area contributed by atoms with Crippen molar-refractivity contribution in [1.29, 1.82) is 0 Å². The molecule has 0 aliphatic heterocycles. The van der Waals surface area contributed by atoms with Crippen LogP contribution in [-0.4, -0.2) is 0 Å². The highest BCUT2D eigenvalue weighted by Crippen LogP contribution is 2.47. The normalized spacial score (nSPS) is 41.8. The number of hydrogen-bond acceptors (Lipinski definition) is 0. The van der Waals surface area contributed by atoms with E-state index in [9.17, 15) is 0 Å². The van der Waals surface area contributed by atoms with Crippen molar-refractivity contribution in [2.75, 3.05) is 0 Å². The monoisotopic (exact) mass is 166 g/mol. The van der Waals surface area contributed by atoms with E-state index in [4.69, 9.17) is 0 Å². The van der Waals surface area contributed by atoms with Crippen molar-refractivity contribution >= 4 is 0 Å². The van der Waals surface area contributed by atoms with Crippen molar-refractivity contribution in [3.8, 4) is 0 Å². The van der Waals surface area contributed by atoms with Gasteiger partial charge >= 0.3 is 0 Å². The van der Waals surface area contributed by atoms with Crippen molar-refractivity contribution in [2.45, 2.75) is 52.4 Å². The molecular formula is C12H22. The lowest BCUT2D eigenvalue weighted by molar-refractivity contribution is 0.0566. The molecule has 0 unspecified atom stereocenters. The van der Waals surface area contributed by atoms with Crippen LogP contribution in [0.15, 0.2) is 0 Å². The van der Waals surface area contributed by atoms with Gasteiger partial charge < -0.3 is 0 Å². The highest BCUT2D eigenvalue weighted by atomic mass is 14.4. The first-order valence-electron chi connectivity index (χ1n) is 5.79. The molecule has 0 aromatic heterocycles. The molecule has 0 atom stereocenters. The first-order chi connectivity index (χ1) is 5.79. The van der Waals surface area contributed by atoms with Gasteiger partial charge in [-0.2, -0.15) is 0 Å². The second kappa shape index (κ2) is 3.40. The summed E-state index contributed by atoms with van der Waals surface area (Å²) in [5, 5.41) is 0. The Kier molecular flexibility index (Phi) is 2.43. The zero-order valence-electron chi connectivity index (χ0n) is 8.55. The summed E-state index contributed by atoms with van der Waals surface area (Å²) in [6, 6.07) is 0. The predicted octanol–water partition coefficient (Wildman–Crippen LogP) is 3.86. The average Bonchev–Trinajstić information content (AvgIpc) is 2.02. The Hall–Kier alpha value is 0. The van der Waals surface area contributed by atoms with Crippen LogP contribution >= 0.6 is 0 Å². The van der Waals surface area contributed by atoms with Gasteiger partial charge in [0.15, 0.2) is 0 Å². The minimum Gasteiger partial charge on any atom is -0.0625 e. The third-order valence-corrected chi connectivity index (χ3v) is 4.16. The van der Waals surface area contributed by atoms with Gasteiger partial charge in [0, 0.05) is 0 Å². The van der Waals surface area contributed by atoms with Crippen molar-refractivity contribution in [3.63, 3.8) is 0 Å². The van der Waals surface area contributed by atoms with E-state index in [-0.39, 0.29) is 0 Å². The topological polar surface area (TPSA) is 0 Å². The molecule has 2 saturated carbocycles. The lowest BCUT2D eigenvalue weighted by atomic mass is 9.61. The molecule has 0 amide bonds. The van der Waals surface area contributed by atoms with Crippen LogP contribution in [0.1, 0.15) is 52.4 Å². The molecule has 2 aliphatic carbocycles. The first-order valence-corrected chi connectivity index (χ1v) is 5.79. The molecule has 0 heteroatoms. The molecular weight excluding hydrogens is 144 g/mol. The Morgan fingerprint density at radius 2 is 1.25 bits per heavy atom. The third-order valence-electron chi connectivity index (χ3n) is 4.16. The van der Waals surface area contributed by atoms with Crippen LogP contribution in [0.5, 0.6) is 0 Å². The zero-order valence-corrected chi connectivity index (χ0v) is 8.55. The van der Waals surface area contributed by atoms with Gasteiger partial charge in [-0.3, -0.25) is 0 Å². The van der Waals surface area contributed by atoms with Gasteiger partial charge in [-0.15, -0.1) is 0 Å². The van der Waals surface area contributed by atoms with Gasteiger partial charge in [-0.1, -0.05) is 52.4 Å². The van der Waals surface area contributed by atoms with E-state index >= 15 is 0 Å². The molecule has 2 bridgehead atoms. The van der Waals surface area contributed by atoms with E-state index < -0.39 is 0 Å². The fraction of sp³-hybridized carbons (Fsp3) is 1.00. The van der Waals surface area contributed by atoms with Gasteiger partial charge in [0.25, 0.3) is 0 Å². The second-order valence-corrected chi connectivity index (χ2v) is 5.20. The van der Waals surface area contributed by atoms with E-state index in [2.05, 4.69) is 13.8 Å². The summed E-state index contributed by atoms with van der Waals surface area (Å²) in [5.41, 5.74) is 0. The highest BCUT2D eigenvalue weighted by molar-refractivity contribution is 4.87. The van der Waals surface area contributed by atoms with Gasteiger partial charge in [0.1, 0.15) is 0 Å². The highest BCUT2D eigenvalue weighted by Gasteiger charge is 2.37. The number of rotatable bonds is 1. The van der Waals surface area contributed by atoms with E-state index in [1.165, 1.54) is 12.8 Å². The van der Waals surface area contributed by atoms with Gasteiger partial charge in [0.2, 0.25) is 0 Å². The minimum absolute atomic E-state index is 0.945. The molecule has 0 aromatic carbocycles. The molecule has 0 N–H and O–H groups in total. The van der Waals surface area contributed by atoms with E-state index in [0.717, 1.165) is 23.7 Å². The average molecular weight is 166 g/mol. The first kappa shape index (κ1) is 8.59. The molecule has 0 radical (unpaired) electrons. The van der Waals surface area contributed by atoms with Crippen LogP contribution in [0.3, 0.4) is 0 Å². The summed E-state index contributed by atoms with van der Waals surface area (Å²) in [5.74, 6) is 4.25. The fourth-order valence-corrected chi connectivity index (χ4v) is 3.82. The lowest BCUT2D eigenvalue weighted by Gasteiger charge is -2.45. The van der Waals surface area contributed by atoms with Crippen LogP contribution in [0.4, 0.5) is 0 Å².